The second kappa shape index (κ2) is 4.27. The molecule has 0 saturated heterocycles. The Balaban J connectivity index is 2.25. The summed E-state index contributed by atoms with van der Waals surface area (Å²) in [6.45, 7) is 0. The topological polar surface area (TPSA) is 98.3 Å². The number of nitrogens with two attached hydrogens (primary N) is 1. The fourth-order valence-corrected chi connectivity index (χ4v) is 1.73. The van der Waals surface area contributed by atoms with Crippen molar-refractivity contribution in [3.8, 4) is 17.7 Å². The first kappa shape index (κ1) is 11.0. The minimum absolute atomic E-state index is 0.291. The summed E-state index contributed by atoms with van der Waals surface area (Å²) in [5, 5.41) is 17.4. The Kier molecular flexibility index (Phi) is 2.47. The molecule has 3 heterocycles. The van der Waals surface area contributed by atoms with Gasteiger partial charge >= 0.3 is 0 Å². The average Bonchev–Trinajstić information content (AvgIpc) is 3.11. The van der Waals surface area contributed by atoms with Gasteiger partial charge in [0.25, 0.3) is 0 Å². The first-order valence-corrected chi connectivity index (χ1v) is 5.50. The highest BCUT2D eigenvalue weighted by atomic mass is 15.3. The monoisotopic (exact) mass is 251 g/mol. The van der Waals surface area contributed by atoms with Crippen molar-refractivity contribution in [2.75, 3.05) is 5.73 Å². The fraction of sp³-hybridized carbons (Fsp3) is 0. The predicted molar refractivity (Wildman–Crippen MR) is 67.6 cm³/mol. The first-order chi connectivity index (χ1) is 9.29. The highest BCUT2D eigenvalue weighted by Gasteiger charge is 2.13. The maximum atomic E-state index is 9.19. The molecule has 0 saturated carbocycles. The van der Waals surface area contributed by atoms with E-state index < -0.39 is 0 Å². The summed E-state index contributed by atoms with van der Waals surface area (Å²) in [6, 6.07) is 7.19. The van der Waals surface area contributed by atoms with E-state index in [-0.39, 0.29) is 0 Å². The summed E-state index contributed by atoms with van der Waals surface area (Å²) < 4.78 is 3.08. The molecule has 0 unspecified atom stereocenters. The molecule has 0 aliphatic heterocycles. The third-order valence-corrected chi connectivity index (χ3v) is 2.59. The minimum Gasteiger partial charge on any atom is -0.397 e. The molecular formula is C12H9N7. The van der Waals surface area contributed by atoms with Gasteiger partial charge in [-0.05, 0) is 12.1 Å². The minimum atomic E-state index is 0.291. The molecule has 0 fully saturated rings. The Morgan fingerprint density at radius 3 is 2.37 bits per heavy atom. The van der Waals surface area contributed by atoms with Crippen LogP contribution in [0.15, 0.2) is 43.0 Å². The van der Waals surface area contributed by atoms with E-state index in [9.17, 15) is 5.26 Å². The van der Waals surface area contributed by atoms with E-state index in [1.54, 1.807) is 47.7 Å². The second-order valence-corrected chi connectivity index (χ2v) is 3.78. The molecular weight excluding hydrogens is 242 g/mol. The van der Waals surface area contributed by atoms with Gasteiger partial charge in [-0.2, -0.15) is 15.5 Å². The SMILES string of the molecule is N#Cc1c(N)cc(-n2cccn2)nc1-n1cccn1. The quantitative estimate of drug-likeness (QED) is 0.729. The average molecular weight is 251 g/mol. The Labute approximate surface area is 108 Å². The van der Waals surface area contributed by atoms with E-state index in [1.807, 2.05) is 6.07 Å². The summed E-state index contributed by atoms with van der Waals surface area (Å²) in [5.41, 5.74) is 6.53. The van der Waals surface area contributed by atoms with Crippen LogP contribution in [0, 0.1) is 11.3 Å². The molecule has 7 nitrogen and oxygen atoms in total. The Morgan fingerprint density at radius 2 is 1.79 bits per heavy atom. The van der Waals surface area contributed by atoms with Crippen molar-refractivity contribution in [1.29, 1.82) is 5.26 Å². The third kappa shape index (κ3) is 1.81. The molecule has 7 heteroatoms. The molecule has 2 N–H and O–H groups in total. The van der Waals surface area contributed by atoms with Crippen molar-refractivity contribution >= 4 is 5.69 Å². The third-order valence-electron chi connectivity index (χ3n) is 2.59. The van der Waals surface area contributed by atoms with Crippen molar-refractivity contribution in [1.82, 2.24) is 24.5 Å². The lowest BCUT2D eigenvalue weighted by Crippen LogP contribution is -2.09. The van der Waals surface area contributed by atoms with Crippen molar-refractivity contribution < 1.29 is 0 Å². The Hall–Kier alpha value is -3.14. The van der Waals surface area contributed by atoms with Gasteiger partial charge in [-0.3, -0.25) is 0 Å². The van der Waals surface area contributed by atoms with Gasteiger partial charge in [-0.1, -0.05) is 0 Å². The summed E-state index contributed by atoms with van der Waals surface area (Å²) in [5.74, 6) is 0.921. The second-order valence-electron chi connectivity index (χ2n) is 3.78. The summed E-state index contributed by atoms with van der Waals surface area (Å²) in [4.78, 5) is 4.39. The van der Waals surface area contributed by atoms with Gasteiger partial charge in [-0.25, -0.2) is 14.3 Å². The molecule has 3 rings (SSSR count). The number of hydrogen-bond acceptors (Lipinski definition) is 5. The zero-order chi connectivity index (χ0) is 13.2. The predicted octanol–water partition coefficient (Wildman–Crippen LogP) is 0.907. The highest BCUT2D eigenvalue weighted by Crippen LogP contribution is 2.20. The number of rotatable bonds is 2. The van der Waals surface area contributed by atoms with Gasteiger partial charge in [0.1, 0.15) is 11.6 Å². The zero-order valence-electron chi connectivity index (χ0n) is 9.80. The molecule has 0 radical (unpaired) electrons. The molecule has 0 spiro atoms. The number of anilines is 1. The number of nitrogen functional groups attached to an aromatic ring is 1. The Morgan fingerprint density at radius 1 is 1.11 bits per heavy atom. The molecule has 19 heavy (non-hydrogen) atoms. The molecule has 3 aromatic rings. The van der Waals surface area contributed by atoms with E-state index >= 15 is 0 Å². The maximum Gasteiger partial charge on any atom is 0.175 e. The lowest BCUT2D eigenvalue weighted by Gasteiger charge is -2.09. The van der Waals surface area contributed by atoms with Crippen LogP contribution in [0.4, 0.5) is 5.69 Å². The van der Waals surface area contributed by atoms with E-state index in [4.69, 9.17) is 5.73 Å². The lowest BCUT2D eigenvalue weighted by atomic mass is 10.2. The molecule has 0 bridgehead atoms. The van der Waals surface area contributed by atoms with Crippen molar-refractivity contribution in [2.24, 2.45) is 0 Å². The van der Waals surface area contributed by atoms with Gasteiger partial charge in [0.15, 0.2) is 11.6 Å². The number of hydrogen-bond donors (Lipinski definition) is 1. The zero-order valence-corrected chi connectivity index (χ0v) is 9.80. The summed E-state index contributed by atoms with van der Waals surface area (Å²) >= 11 is 0. The highest BCUT2D eigenvalue weighted by molar-refractivity contribution is 5.63. The molecule has 0 atom stereocenters. The van der Waals surface area contributed by atoms with Crippen LogP contribution in [0.1, 0.15) is 5.56 Å². The van der Waals surface area contributed by atoms with Crippen LogP contribution in [-0.2, 0) is 0 Å². The summed E-state index contributed by atoms with van der Waals surface area (Å²) in [7, 11) is 0. The normalized spacial score (nSPS) is 10.3. The van der Waals surface area contributed by atoms with E-state index in [0.29, 0.717) is 22.9 Å². The lowest BCUT2D eigenvalue weighted by molar-refractivity contribution is 0.802. The maximum absolute atomic E-state index is 9.19. The van der Waals surface area contributed by atoms with Crippen LogP contribution >= 0.6 is 0 Å². The Bertz CT molecular complexity index is 735. The van der Waals surface area contributed by atoms with Crippen molar-refractivity contribution in [3.05, 3.63) is 48.5 Å². The van der Waals surface area contributed by atoms with Gasteiger partial charge < -0.3 is 5.73 Å². The first-order valence-electron chi connectivity index (χ1n) is 5.50. The van der Waals surface area contributed by atoms with Gasteiger partial charge in [0, 0.05) is 30.9 Å². The van der Waals surface area contributed by atoms with E-state index in [2.05, 4.69) is 15.2 Å². The molecule has 0 aliphatic carbocycles. The molecule has 0 aromatic carbocycles. The summed E-state index contributed by atoms with van der Waals surface area (Å²) in [6.07, 6.45) is 6.71. The molecule has 0 amide bonds. The molecule has 3 aromatic heterocycles. The fourth-order valence-electron chi connectivity index (χ4n) is 1.73. The largest absolute Gasteiger partial charge is 0.397 e. The van der Waals surface area contributed by atoms with Gasteiger partial charge in [-0.15, -0.1) is 0 Å². The molecule has 0 aliphatic rings. The van der Waals surface area contributed by atoms with Crippen LogP contribution < -0.4 is 5.73 Å². The number of nitrogens with zero attached hydrogens (tertiary/aromatic N) is 6. The van der Waals surface area contributed by atoms with Crippen LogP contribution in [-0.4, -0.2) is 24.5 Å². The van der Waals surface area contributed by atoms with Crippen LogP contribution in [0.5, 0.6) is 0 Å². The van der Waals surface area contributed by atoms with E-state index in [0.717, 1.165) is 0 Å². The molecule has 92 valence electrons. The van der Waals surface area contributed by atoms with Gasteiger partial charge in [0.2, 0.25) is 0 Å². The number of aromatic nitrogens is 5. The van der Waals surface area contributed by atoms with Crippen molar-refractivity contribution in [2.45, 2.75) is 0 Å². The number of nitriles is 1. The van der Waals surface area contributed by atoms with Crippen LogP contribution in [0.3, 0.4) is 0 Å². The smallest absolute Gasteiger partial charge is 0.175 e. The number of pyridine rings is 1. The van der Waals surface area contributed by atoms with E-state index in [1.165, 1.54) is 4.68 Å². The standard InChI is InChI=1S/C12H9N7/c13-8-9-10(14)7-11(18-5-1-3-15-18)17-12(9)19-6-2-4-16-19/h1-7H,(H2,14,17). The van der Waals surface area contributed by atoms with Crippen LogP contribution in [0.2, 0.25) is 0 Å². The van der Waals surface area contributed by atoms with Gasteiger partial charge in [0.05, 0.1) is 5.69 Å². The van der Waals surface area contributed by atoms with Crippen molar-refractivity contribution in [3.63, 3.8) is 0 Å². The van der Waals surface area contributed by atoms with Crippen LogP contribution in [0.25, 0.3) is 11.6 Å².